The third kappa shape index (κ3) is 3.99. The maximum absolute atomic E-state index is 11.9. The van der Waals surface area contributed by atoms with E-state index in [0.29, 0.717) is 28.6 Å². The quantitative estimate of drug-likeness (QED) is 0.857. The molecule has 4 heteroatoms. The first-order chi connectivity index (χ1) is 9.56. The summed E-state index contributed by atoms with van der Waals surface area (Å²) < 4.78 is 0. The van der Waals surface area contributed by atoms with Gasteiger partial charge in [-0.3, -0.25) is 4.79 Å². The van der Waals surface area contributed by atoms with Gasteiger partial charge in [0.1, 0.15) is 0 Å². The van der Waals surface area contributed by atoms with Gasteiger partial charge in [-0.2, -0.15) is 0 Å². The summed E-state index contributed by atoms with van der Waals surface area (Å²) >= 11 is 12.1. The van der Waals surface area contributed by atoms with Crippen LogP contribution in [0.25, 0.3) is 0 Å². The standard InChI is InChI=1S/C16H15Cl2NO/c1-11-6-8-15(14(18)10-11)19-16(20)9-7-12-4-2-3-5-13(12)17/h2-6,8,10H,7,9H2,1H3,(H,19,20). The molecule has 2 nitrogen and oxygen atoms in total. The van der Waals surface area contributed by atoms with E-state index in [0.717, 1.165) is 11.1 Å². The fourth-order valence-corrected chi connectivity index (χ4v) is 2.40. The third-order valence-electron chi connectivity index (χ3n) is 2.98. The third-order valence-corrected chi connectivity index (χ3v) is 3.66. The first-order valence-electron chi connectivity index (χ1n) is 6.35. The summed E-state index contributed by atoms with van der Waals surface area (Å²) in [6.07, 6.45) is 0.975. The van der Waals surface area contributed by atoms with Gasteiger partial charge < -0.3 is 5.32 Å². The molecule has 0 aliphatic carbocycles. The molecule has 2 rings (SSSR count). The van der Waals surface area contributed by atoms with Crippen LogP contribution in [0.2, 0.25) is 10.0 Å². The second-order valence-corrected chi connectivity index (χ2v) is 5.44. The fraction of sp³-hybridized carbons (Fsp3) is 0.188. The predicted octanol–water partition coefficient (Wildman–Crippen LogP) is 4.87. The second-order valence-electron chi connectivity index (χ2n) is 4.62. The fourth-order valence-electron chi connectivity index (χ4n) is 1.88. The molecule has 0 atom stereocenters. The summed E-state index contributed by atoms with van der Waals surface area (Å²) in [7, 11) is 0. The molecule has 0 saturated heterocycles. The lowest BCUT2D eigenvalue weighted by molar-refractivity contribution is -0.116. The molecule has 0 bridgehead atoms. The molecule has 1 N–H and O–H groups in total. The highest BCUT2D eigenvalue weighted by Crippen LogP contribution is 2.23. The zero-order chi connectivity index (χ0) is 14.5. The minimum Gasteiger partial charge on any atom is -0.325 e. The minimum atomic E-state index is -0.0735. The van der Waals surface area contributed by atoms with E-state index in [1.807, 2.05) is 49.4 Å². The number of nitrogens with one attached hydrogen (secondary N) is 1. The molecule has 0 spiro atoms. The Bertz CT molecular complexity index is 626. The maximum Gasteiger partial charge on any atom is 0.224 e. The van der Waals surface area contributed by atoms with Gasteiger partial charge >= 0.3 is 0 Å². The summed E-state index contributed by atoms with van der Waals surface area (Å²) in [6.45, 7) is 1.95. The van der Waals surface area contributed by atoms with Crippen molar-refractivity contribution in [3.05, 3.63) is 63.6 Å². The Kier molecular flexibility index (Phi) is 5.05. The zero-order valence-electron chi connectivity index (χ0n) is 11.1. The highest BCUT2D eigenvalue weighted by Gasteiger charge is 2.07. The maximum atomic E-state index is 11.9. The Morgan fingerprint density at radius 2 is 1.85 bits per heavy atom. The van der Waals surface area contributed by atoms with Gasteiger partial charge in [0.2, 0.25) is 5.91 Å². The predicted molar refractivity (Wildman–Crippen MR) is 84.6 cm³/mol. The van der Waals surface area contributed by atoms with Crippen LogP contribution < -0.4 is 5.32 Å². The molecule has 104 valence electrons. The monoisotopic (exact) mass is 307 g/mol. The van der Waals surface area contributed by atoms with Crippen LogP contribution in [0.15, 0.2) is 42.5 Å². The molecule has 0 unspecified atom stereocenters. The average molecular weight is 308 g/mol. The van der Waals surface area contributed by atoms with Gasteiger partial charge in [-0.25, -0.2) is 0 Å². The Balaban J connectivity index is 1.94. The van der Waals surface area contributed by atoms with E-state index in [1.165, 1.54) is 0 Å². The number of rotatable bonds is 4. The van der Waals surface area contributed by atoms with Gasteiger partial charge in [0.15, 0.2) is 0 Å². The van der Waals surface area contributed by atoms with Crippen molar-refractivity contribution in [2.24, 2.45) is 0 Å². The van der Waals surface area contributed by atoms with Crippen LogP contribution in [0.1, 0.15) is 17.5 Å². The Morgan fingerprint density at radius 3 is 2.55 bits per heavy atom. The van der Waals surface area contributed by atoms with Gasteiger partial charge in [0.25, 0.3) is 0 Å². The topological polar surface area (TPSA) is 29.1 Å². The van der Waals surface area contributed by atoms with Crippen molar-refractivity contribution in [2.45, 2.75) is 19.8 Å². The van der Waals surface area contributed by atoms with Gasteiger partial charge in [-0.1, -0.05) is 47.5 Å². The molecule has 0 aromatic heterocycles. The first kappa shape index (κ1) is 14.9. The molecule has 0 aliphatic heterocycles. The van der Waals surface area contributed by atoms with Crippen molar-refractivity contribution >= 4 is 34.8 Å². The van der Waals surface area contributed by atoms with Crippen molar-refractivity contribution < 1.29 is 4.79 Å². The molecular weight excluding hydrogens is 293 g/mol. The Hall–Kier alpha value is -1.51. The smallest absolute Gasteiger partial charge is 0.224 e. The lowest BCUT2D eigenvalue weighted by Crippen LogP contribution is -2.12. The molecule has 0 heterocycles. The number of anilines is 1. The second kappa shape index (κ2) is 6.78. The lowest BCUT2D eigenvalue weighted by atomic mass is 10.1. The van der Waals surface area contributed by atoms with E-state index in [4.69, 9.17) is 23.2 Å². The van der Waals surface area contributed by atoms with Crippen LogP contribution in [-0.2, 0) is 11.2 Å². The van der Waals surface area contributed by atoms with Crippen molar-refractivity contribution in [1.82, 2.24) is 0 Å². The number of aryl methyl sites for hydroxylation is 2. The van der Waals surface area contributed by atoms with Crippen LogP contribution >= 0.6 is 23.2 Å². The van der Waals surface area contributed by atoms with E-state index in [2.05, 4.69) is 5.32 Å². The SMILES string of the molecule is Cc1ccc(NC(=O)CCc2ccccc2Cl)c(Cl)c1. The van der Waals surface area contributed by atoms with E-state index in [1.54, 1.807) is 0 Å². The molecule has 0 radical (unpaired) electrons. The number of hydrogen-bond donors (Lipinski definition) is 1. The molecule has 1 amide bonds. The van der Waals surface area contributed by atoms with Crippen LogP contribution in [0, 0.1) is 6.92 Å². The van der Waals surface area contributed by atoms with E-state index < -0.39 is 0 Å². The average Bonchev–Trinajstić information content (AvgIpc) is 2.41. The number of benzene rings is 2. The van der Waals surface area contributed by atoms with Gasteiger partial charge in [-0.05, 0) is 42.7 Å². The minimum absolute atomic E-state index is 0.0735. The van der Waals surface area contributed by atoms with Crippen LogP contribution in [-0.4, -0.2) is 5.91 Å². The molecule has 0 fully saturated rings. The summed E-state index contributed by atoms with van der Waals surface area (Å²) in [5.74, 6) is -0.0735. The van der Waals surface area contributed by atoms with Crippen molar-refractivity contribution in [3.63, 3.8) is 0 Å². The number of hydrogen-bond acceptors (Lipinski definition) is 1. The van der Waals surface area contributed by atoms with Gasteiger partial charge in [0, 0.05) is 11.4 Å². The summed E-state index contributed by atoms with van der Waals surface area (Å²) in [5.41, 5.74) is 2.67. The highest BCUT2D eigenvalue weighted by molar-refractivity contribution is 6.33. The Labute approximate surface area is 128 Å². The van der Waals surface area contributed by atoms with E-state index >= 15 is 0 Å². The number of amides is 1. The highest BCUT2D eigenvalue weighted by atomic mass is 35.5. The molecule has 0 saturated carbocycles. The number of carbonyl (C=O) groups excluding carboxylic acids is 1. The number of halogens is 2. The van der Waals surface area contributed by atoms with Crippen LogP contribution in [0.3, 0.4) is 0 Å². The number of carbonyl (C=O) groups is 1. The van der Waals surface area contributed by atoms with Gasteiger partial charge in [-0.15, -0.1) is 0 Å². The summed E-state index contributed by atoms with van der Waals surface area (Å²) in [4.78, 5) is 11.9. The van der Waals surface area contributed by atoms with E-state index in [9.17, 15) is 4.79 Å². The zero-order valence-corrected chi connectivity index (χ0v) is 12.6. The largest absolute Gasteiger partial charge is 0.325 e. The molecule has 0 aliphatic rings. The normalized spacial score (nSPS) is 10.3. The van der Waals surface area contributed by atoms with Crippen molar-refractivity contribution in [1.29, 1.82) is 0 Å². The lowest BCUT2D eigenvalue weighted by Gasteiger charge is -2.08. The molecule has 2 aromatic rings. The van der Waals surface area contributed by atoms with Gasteiger partial charge in [0.05, 0.1) is 10.7 Å². The Morgan fingerprint density at radius 1 is 1.10 bits per heavy atom. The summed E-state index contributed by atoms with van der Waals surface area (Å²) in [6, 6.07) is 13.1. The van der Waals surface area contributed by atoms with Crippen LogP contribution in [0.4, 0.5) is 5.69 Å². The summed E-state index contributed by atoms with van der Waals surface area (Å²) in [5, 5.41) is 4.05. The molecular formula is C16H15Cl2NO. The van der Waals surface area contributed by atoms with E-state index in [-0.39, 0.29) is 5.91 Å². The van der Waals surface area contributed by atoms with Crippen LogP contribution in [0.5, 0.6) is 0 Å². The molecule has 2 aromatic carbocycles. The van der Waals surface area contributed by atoms with Crippen molar-refractivity contribution in [2.75, 3.05) is 5.32 Å². The van der Waals surface area contributed by atoms with Crippen molar-refractivity contribution in [3.8, 4) is 0 Å². The molecule has 20 heavy (non-hydrogen) atoms. The first-order valence-corrected chi connectivity index (χ1v) is 7.11.